The molecular weight excluding hydrogens is 196 g/mol. The number of likely N-dealkylation sites (tertiary alicyclic amines) is 1. The topological polar surface area (TPSA) is 55.0 Å². The van der Waals surface area contributed by atoms with Gasteiger partial charge in [0, 0.05) is 25.7 Å². The average Bonchev–Trinajstić information content (AvgIpc) is 2.63. The van der Waals surface area contributed by atoms with Crippen LogP contribution in [0.2, 0.25) is 0 Å². The van der Waals surface area contributed by atoms with Gasteiger partial charge >= 0.3 is 0 Å². The summed E-state index contributed by atoms with van der Waals surface area (Å²) in [6, 6.07) is 0.330. The third kappa shape index (κ3) is 1.94. The SMILES string of the molecule is Cc1nnsc1CN1CC(C)C(N)C1. The normalized spacial score (nSPS) is 28.5. The fourth-order valence-corrected chi connectivity index (χ4v) is 2.50. The maximum atomic E-state index is 5.97. The van der Waals surface area contributed by atoms with Crippen LogP contribution in [0.5, 0.6) is 0 Å². The minimum absolute atomic E-state index is 0.330. The first-order valence-electron chi connectivity index (χ1n) is 4.92. The van der Waals surface area contributed by atoms with Crippen molar-refractivity contribution in [2.24, 2.45) is 11.7 Å². The highest BCUT2D eigenvalue weighted by atomic mass is 32.1. The Hall–Kier alpha value is -0.520. The van der Waals surface area contributed by atoms with Crippen LogP contribution in [0.4, 0.5) is 0 Å². The summed E-state index contributed by atoms with van der Waals surface area (Å²) >= 11 is 1.50. The molecule has 1 fully saturated rings. The molecule has 2 N–H and O–H groups in total. The molecule has 4 nitrogen and oxygen atoms in total. The highest BCUT2D eigenvalue weighted by Gasteiger charge is 2.26. The monoisotopic (exact) mass is 212 g/mol. The Bertz CT molecular complexity index is 302. The van der Waals surface area contributed by atoms with E-state index in [4.69, 9.17) is 5.73 Å². The van der Waals surface area contributed by atoms with Crippen molar-refractivity contribution in [3.8, 4) is 0 Å². The van der Waals surface area contributed by atoms with E-state index in [1.807, 2.05) is 6.92 Å². The van der Waals surface area contributed by atoms with Crippen molar-refractivity contribution in [3.63, 3.8) is 0 Å². The van der Waals surface area contributed by atoms with Crippen LogP contribution in [-0.2, 0) is 6.54 Å². The molecule has 0 saturated carbocycles. The smallest absolute Gasteiger partial charge is 0.0769 e. The first kappa shape index (κ1) is 10.0. The van der Waals surface area contributed by atoms with Gasteiger partial charge in [-0.05, 0) is 24.4 Å². The van der Waals surface area contributed by atoms with Crippen LogP contribution in [0.15, 0.2) is 0 Å². The van der Waals surface area contributed by atoms with Crippen LogP contribution >= 0.6 is 11.5 Å². The first-order valence-corrected chi connectivity index (χ1v) is 5.70. The molecule has 2 atom stereocenters. The third-order valence-corrected chi connectivity index (χ3v) is 3.67. The number of hydrogen-bond acceptors (Lipinski definition) is 5. The molecule has 1 aliphatic rings. The van der Waals surface area contributed by atoms with Crippen molar-refractivity contribution >= 4 is 11.5 Å². The maximum Gasteiger partial charge on any atom is 0.0769 e. The van der Waals surface area contributed by atoms with Gasteiger partial charge in [0.15, 0.2) is 0 Å². The van der Waals surface area contributed by atoms with Gasteiger partial charge in [0.1, 0.15) is 0 Å². The van der Waals surface area contributed by atoms with Crippen molar-refractivity contribution in [1.29, 1.82) is 0 Å². The summed E-state index contributed by atoms with van der Waals surface area (Å²) in [6.07, 6.45) is 0. The van der Waals surface area contributed by atoms with E-state index in [9.17, 15) is 0 Å². The Balaban J connectivity index is 1.97. The van der Waals surface area contributed by atoms with Gasteiger partial charge in [0.05, 0.1) is 10.6 Å². The number of nitrogens with zero attached hydrogens (tertiary/aromatic N) is 3. The van der Waals surface area contributed by atoms with E-state index in [2.05, 4.69) is 21.4 Å². The van der Waals surface area contributed by atoms with Crippen LogP contribution in [0.25, 0.3) is 0 Å². The van der Waals surface area contributed by atoms with Crippen LogP contribution in [0, 0.1) is 12.8 Å². The summed E-state index contributed by atoms with van der Waals surface area (Å²) in [5.74, 6) is 0.608. The number of aryl methyl sites for hydroxylation is 1. The molecule has 14 heavy (non-hydrogen) atoms. The lowest BCUT2D eigenvalue weighted by atomic mass is 10.1. The van der Waals surface area contributed by atoms with E-state index in [0.29, 0.717) is 12.0 Å². The molecular formula is C9H16N4S. The summed E-state index contributed by atoms with van der Waals surface area (Å²) < 4.78 is 3.94. The van der Waals surface area contributed by atoms with Crippen molar-refractivity contribution in [2.45, 2.75) is 26.4 Å². The predicted octanol–water partition coefficient (Wildman–Crippen LogP) is 0.626. The quantitative estimate of drug-likeness (QED) is 0.781. The molecule has 0 amide bonds. The summed E-state index contributed by atoms with van der Waals surface area (Å²) in [4.78, 5) is 3.66. The summed E-state index contributed by atoms with van der Waals surface area (Å²) in [6.45, 7) is 7.28. The van der Waals surface area contributed by atoms with E-state index in [0.717, 1.165) is 25.3 Å². The second-order valence-electron chi connectivity index (χ2n) is 4.12. The van der Waals surface area contributed by atoms with Crippen molar-refractivity contribution < 1.29 is 0 Å². The molecule has 0 aliphatic carbocycles. The zero-order chi connectivity index (χ0) is 10.1. The molecule has 1 aromatic heterocycles. The first-order chi connectivity index (χ1) is 6.66. The molecule has 78 valence electrons. The van der Waals surface area contributed by atoms with E-state index in [1.54, 1.807) is 0 Å². The summed E-state index contributed by atoms with van der Waals surface area (Å²) in [7, 11) is 0. The predicted molar refractivity (Wildman–Crippen MR) is 57.1 cm³/mol. The van der Waals surface area contributed by atoms with Crippen molar-refractivity contribution in [1.82, 2.24) is 14.5 Å². The molecule has 0 radical (unpaired) electrons. The fraction of sp³-hybridized carbons (Fsp3) is 0.778. The Morgan fingerprint density at radius 1 is 1.57 bits per heavy atom. The second kappa shape index (κ2) is 3.92. The lowest BCUT2D eigenvalue weighted by molar-refractivity contribution is 0.321. The Kier molecular flexibility index (Phi) is 2.80. The van der Waals surface area contributed by atoms with Crippen molar-refractivity contribution in [3.05, 3.63) is 10.6 Å². The average molecular weight is 212 g/mol. The molecule has 0 bridgehead atoms. The van der Waals surface area contributed by atoms with Crippen LogP contribution in [0.3, 0.4) is 0 Å². The van der Waals surface area contributed by atoms with E-state index < -0.39 is 0 Å². The van der Waals surface area contributed by atoms with Gasteiger partial charge in [-0.1, -0.05) is 11.4 Å². The van der Waals surface area contributed by atoms with Crippen molar-refractivity contribution in [2.75, 3.05) is 13.1 Å². The van der Waals surface area contributed by atoms with Crippen LogP contribution in [-0.4, -0.2) is 33.6 Å². The Labute approximate surface area is 88.3 Å². The number of hydrogen-bond donors (Lipinski definition) is 1. The van der Waals surface area contributed by atoms with E-state index >= 15 is 0 Å². The fourth-order valence-electron chi connectivity index (χ4n) is 1.82. The molecule has 1 aliphatic heterocycles. The number of aromatic nitrogens is 2. The largest absolute Gasteiger partial charge is 0.326 e. The second-order valence-corrected chi connectivity index (χ2v) is 4.96. The molecule has 1 saturated heterocycles. The maximum absolute atomic E-state index is 5.97. The summed E-state index contributed by atoms with van der Waals surface area (Å²) in [5.41, 5.74) is 7.02. The Morgan fingerprint density at radius 2 is 2.36 bits per heavy atom. The van der Waals surface area contributed by atoms with E-state index in [-0.39, 0.29) is 0 Å². The minimum Gasteiger partial charge on any atom is -0.326 e. The molecule has 1 aromatic rings. The zero-order valence-corrected chi connectivity index (χ0v) is 9.42. The molecule has 2 unspecified atom stereocenters. The zero-order valence-electron chi connectivity index (χ0n) is 8.60. The molecule has 2 rings (SSSR count). The lowest BCUT2D eigenvalue weighted by Gasteiger charge is -2.13. The van der Waals surface area contributed by atoms with Gasteiger partial charge in [-0.2, -0.15) is 0 Å². The molecule has 5 heteroatoms. The highest BCUT2D eigenvalue weighted by molar-refractivity contribution is 7.05. The van der Waals surface area contributed by atoms with Crippen LogP contribution < -0.4 is 5.73 Å². The summed E-state index contributed by atoms with van der Waals surface area (Å²) in [5, 5.41) is 4.01. The standard InChI is InChI=1S/C9H16N4S/c1-6-3-13(4-8(6)10)5-9-7(2)11-12-14-9/h6,8H,3-5,10H2,1-2H3. The highest BCUT2D eigenvalue weighted by Crippen LogP contribution is 2.19. The number of nitrogens with two attached hydrogens (primary N) is 1. The Morgan fingerprint density at radius 3 is 2.86 bits per heavy atom. The van der Waals surface area contributed by atoms with Gasteiger partial charge in [0.2, 0.25) is 0 Å². The minimum atomic E-state index is 0.330. The van der Waals surface area contributed by atoms with Gasteiger partial charge in [-0.15, -0.1) is 5.10 Å². The van der Waals surface area contributed by atoms with Gasteiger partial charge in [0.25, 0.3) is 0 Å². The van der Waals surface area contributed by atoms with E-state index in [1.165, 1.54) is 16.4 Å². The van der Waals surface area contributed by atoms with Gasteiger partial charge < -0.3 is 5.73 Å². The lowest BCUT2D eigenvalue weighted by Crippen LogP contribution is -2.28. The third-order valence-electron chi connectivity index (χ3n) is 2.86. The van der Waals surface area contributed by atoms with Gasteiger partial charge in [-0.3, -0.25) is 4.90 Å². The number of rotatable bonds is 2. The molecule has 0 spiro atoms. The molecule has 2 heterocycles. The van der Waals surface area contributed by atoms with Crippen LogP contribution in [0.1, 0.15) is 17.5 Å². The molecule has 0 aromatic carbocycles. The van der Waals surface area contributed by atoms with Gasteiger partial charge in [-0.25, -0.2) is 0 Å².